The lowest BCUT2D eigenvalue weighted by molar-refractivity contribution is -0.130. The van der Waals surface area contributed by atoms with Gasteiger partial charge in [0.1, 0.15) is 0 Å². The average Bonchev–Trinajstić information content (AvgIpc) is 3.23. The molecule has 0 bridgehead atoms. The van der Waals surface area contributed by atoms with Crippen molar-refractivity contribution in [2.24, 2.45) is 0 Å². The van der Waals surface area contributed by atoms with Crippen LogP contribution in [-0.2, 0) is 11.2 Å². The Kier molecular flexibility index (Phi) is 5.23. The maximum atomic E-state index is 12.6. The summed E-state index contributed by atoms with van der Waals surface area (Å²) >= 11 is 0. The first-order valence-corrected chi connectivity index (χ1v) is 9.86. The Balaban J connectivity index is 1.31. The summed E-state index contributed by atoms with van der Waals surface area (Å²) in [6.07, 6.45) is 2.95. The fourth-order valence-electron chi connectivity index (χ4n) is 3.90. The number of benzene rings is 1. The van der Waals surface area contributed by atoms with E-state index in [0.717, 1.165) is 56.5 Å². The van der Waals surface area contributed by atoms with E-state index < -0.39 is 0 Å². The Morgan fingerprint density at radius 3 is 2.11 bits per heavy atom. The molecule has 1 aromatic heterocycles. The maximum absolute atomic E-state index is 12.6. The third-order valence-electron chi connectivity index (χ3n) is 5.46. The third kappa shape index (κ3) is 4.21. The van der Waals surface area contributed by atoms with Gasteiger partial charge in [-0.25, -0.2) is 0 Å². The number of carbonyl (C=O) groups excluding carboxylic acids is 1. The lowest BCUT2D eigenvalue weighted by atomic mass is 10.1. The number of rotatable bonds is 4. The van der Waals surface area contributed by atoms with E-state index >= 15 is 0 Å². The minimum absolute atomic E-state index is 0.204. The molecule has 2 aliphatic heterocycles. The number of hydrogen-bond acceptors (Lipinski definition) is 5. The molecule has 3 heterocycles. The van der Waals surface area contributed by atoms with Crippen molar-refractivity contribution < 1.29 is 4.79 Å². The van der Waals surface area contributed by atoms with Crippen molar-refractivity contribution in [1.82, 2.24) is 15.1 Å². The highest BCUT2D eigenvalue weighted by atomic mass is 16.2. The largest absolute Gasteiger partial charge is 0.355 e. The molecule has 4 rings (SSSR count). The van der Waals surface area contributed by atoms with Crippen LogP contribution in [0.15, 0.2) is 36.4 Å². The van der Waals surface area contributed by atoms with Crippen LogP contribution < -0.4 is 9.80 Å². The zero-order chi connectivity index (χ0) is 18.6. The van der Waals surface area contributed by atoms with Gasteiger partial charge in [-0.15, -0.1) is 10.2 Å². The van der Waals surface area contributed by atoms with E-state index in [1.165, 1.54) is 18.4 Å². The molecule has 2 aromatic rings. The molecular formula is C21H27N5O. The van der Waals surface area contributed by atoms with Gasteiger partial charge in [0.15, 0.2) is 11.6 Å². The fraction of sp³-hybridized carbons (Fsp3) is 0.476. The molecule has 0 unspecified atom stereocenters. The summed E-state index contributed by atoms with van der Waals surface area (Å²) in [6, 6.07) is 12.3. The van der Waals surface area contributed by atoms with Crippen LogP contribution in [0.4, 0.5) is 11.6 Å². The monoisotopic (exact) mass is 365 g/mol. The van der Waals surface area contributed by atoms with Gasteiger partial charge in [0.2, 0.25) is 5.91 Å². The minimum atomic E-state index is 0.204. The van der Waals surface area contributed by atoms with Crippen LogP contribution in [0.25, 0.3) is 0 Å². The number of amides is 1. The van der Waals surface area contributed by atoms with Crippen LogP contribution in [0.2, 0.25) is 0 Å². The molecular weight excluding hydrogens is 338 g/mol. The molecule has 0 radical (unpaired) electrons. The highest BCUT2D eigenvalue weighted by molar-refractivity contribution is 5.79. The van der Waals surface area contributed by atoms with Gasteiger partial charge < -0.3 is 14.7 Å². The van der Waals surface area contributed by atoms with Crippen LogP contribution in [0.3, 0.4) is 0 Å². The van der Waals surface area contributed by atoms with Crippen molar-refractivity contribution >= 4 is 17.5 Å². The Bertz CT molecular complexity index is 777. The van der Waals surface area contributed by atoms with E-state index in [4.69, 9.17) is 0 Å². The van der Waals surface area contributed by atoms with Crippen molar-refractivity contribution in [3.8, 4) is 0 Å². The molecule has 1 aromatic carbocycles. The van der Waals surface area contributed by atoms with Gasteiger partial charge in [0, 0.05) is 39.3 Å². The first-order chi connectivity index (χ1) is 13.2. The minimum Gasteiger partial charge on any atom is -0.355 e. The summed E-state index contributed by atoms with van der Waals surface area (Å²) in [5.41, 5.74) is 2.28. The van der Waals surface area contributed by atoms with Crippen LogP contribution in [0.1, 0.15) is 24.0 Å². The summed E-state index contributed by atoms with van der Waals surface area (Å²) in [5.74, 6) is 2.09. The van der Waals surface area contributed by atoms with Crippen LogP contribution >= 0.6 is 0 Å². The molecule has 0 aliphatic carbocycles. The number of hydrogen-bond donors (Lipinski definition) is 0. The smallest absolute Gasteiger partial charge is 0.227 e. The predicted octanol–water partition coefficient (Wildman–Crippen LogP) is 2.28. The van der Waals surface area contributed by atoms with Crippen LogP contribution in [-0.4, -0.2) is 60.3 Å². The second-order valence-electron chi connectivity index (χ2n) is 7.48. The Morgan fingerprint density at radius 2 is 1.52 bits per heavy atom. The summed E-state index contributed by atoms with van der Waals surface area (Å²) in [7, 11) is 0. The van der Waals surface area contributed by atoms with Gasteiger partial charge in [-0.05, 0) is 37.5 Å². The molecule has 6 nitrogen and oxygen atoms in total. The molecule has 27 heavy (non-hydrogen) atoms. The topological polar surface area (TPSA) is 52.6 Å². The van der Waals surface area contributed by atoms with Crippen molar-refractivity contribution in [1.29, 1.82) is 0 Å². The molecule has 142 valence electrons. The van der Waals surface area contributed by atoms with E-state index in [-0.39, 0.29) is 5.91 Å². The maximum Gasteiger partial charge on any atom is 0.227 e. The summed E-state index contributed by atoms with van der Waals surface area (Å²) in [6.45, 7) is 7.29. The SMILES string of the molecule is Cc1cccc(CC(=O)N2CCN(c3ccc(N4CCCC4)nn3)CC2)c1. The molecule has 2 fully saturated rings. The van der Waals surface area contributed by atoms with Gasteiger partial charge in [-0.3, -0.25) is 4.79 Å². The van der Waals surface area contributed by atoms with E-state index in [1.807, 2.05) is 17.0 Å². The molecule has 2 aliphatic rings. The number of nitrogens with zero attached hydrogens (tertiary/aromatic N) is 5. The summed E-state index contributed by atoms with van der Waals surface area (Å²) in [4.78, 5) is 19.1. The zero-order valence-corrected chi connectivity index (χ0v) is 16.0. The normalized spacial score (nSPS) is 17.4. The molecule has 0 saturated carbocycles. The second-order valence-corrected chi connectivity index (χ2v) is 7.48. The Morgan fingerprint density at radius 1 is 0.889 bits per heavy atom. The lowest BCUT2D eigenvalue weighted by Gasteiger charge is -2.35. The molecule has 1 amide bonds. The van der Waals surface area contributed by atoms with E-state index in [9.17, 15) is 4.79 Å². The number of anilines is 2. The van der Waals surface area contributed by atoms with E-state index in [2.05, 4.69) is 51.2 Å². The molecule has 0 spiro atoms. The Labute approximate surface area is 160 Å². The lowest BCUT2D eigenvalue weighted by Crippen LogP contribution is -2.49. The standard InChI is InChI=1S/C21H27N5O/c1-17-5-4-6-18(15-17)16-21(27)26-13-11-25(12-14-26)20-8-7-19(22-23-20)24-9-2-3-10-24/h4-8,15H,2-3,9-14,16H2,1H3. The fourth-order valence-corrected chi connectivity index (χ4v) is 3.90. The van der Waals surface area contributed by atoms with Crippen LogP contribution in [0, 0.1) is 6.92 Å². The quantitative estimate of drug-likeness (QED) is 0.832. The second kappa shape index (κ2) is 7.94. The molecule has 6 heteroatoms. The Hall–Kier alpha value is -2.63. The first kappa shape index (κ1) is 17.8. The van der Waals surface area contributed by atoms with E-state index in [0.29, 0.717) is 6.42 Å². The van der Waals surface area contributed by atoms with Crippen molar-refractivity contribution in [2.75, 3.05) is 49.1 Å². The number of aromatic nitrogens is 2. The number of aryl methyl sites for hydroxylation is 1. The highest BCUT2D eigenvalue weighted by Gasteiger charge is 2.22. The van der Waals surface area contributed by atoms with Crippen molar-refractivity contribution in [3.05, 3.63) is 47.5 Å². The summed E-state index contributed by atoms with van der Waals surface area (Å²) in [5, 5.41) is 8.83. The molecule has 2 saturated heterocycles. The first-order valence-electron chi connectivity index (χ1n) is 9.86. The highest BCUT2D eigenvalue weighted by Crippen LogP contribution is 2.20. The van der Waals surface area contributed by atoms with Crippen molar-refractivity contribution in [3.63, 3.8) is 0 Å². The third-order valence-corrected chi connectivity index (χ3v) is 5.46. The number of carbonyl (C=O) groups is 1. The van der Waals surface area contributed by atoms with Crippen molar-refractivity contribution in [2.45, 2.75) is 26.2 Å². The van der Waals surface area contributed by atoms with Gasteiger partial charge in [-0.1, -0.05) is 29.8 Å². The molecule has 0 N–H and O–H groups in total. The van der Waals surface area contributed by atoms with Gasteiger partial charge in [0.25, 0.3) is 0 Å². The zero-order valence-electron chi connectivity index (χ0n) is 16.0. The predicted molar refractivity (Wildman–Crippen MR) is 107 cm³/mol. The van der Waals surface area contributed by atoms with Gasteiger partial charge in [0.05, 0.1) is 6.42 Å². The van der Waals surface area contributed by atoms with Gasteiger partial charge in [-0.2, -0.15) is 0 Å². The van der Waals surface area contributed by atoms with E-state index in [1.54, 1.807) is 0 Å². The average molecular weight is 365 g/mol. The van der Waals surface area contributed by atoms with Gasteiger partial charge >= 0.3 is 0 Å². The molecule has 0 atom stereocenters. The number of piperazine rings is 1. The summed E-state index contributed by atoms with van der Waals surface area (Å²) < 4.78 is 0. The van der Waals surface area contributed by atoms with Crippen LogP contribution in [0.5, 0.6) is 0 Å².